The van der Waals surface area contributed by atoms with Crippen molar-refractivity contribution in [1.82, 2.24) is 4.90 Å². The first-order chi connectivity index (χ1) is 14.5. The van der Waals surface area contributed by atoms with Crippen molar-refractivity contribution in [2.45, 2.75) is 12.8 Å². The Kier molecular flexibility index (Phi) is 6.01. The van der Waals surface area contributed by atoms with Gasteiger partial charge in [0.2, 0.25) is 12.7 Å². The maximum atomic E-state index is 12.9. The van der Waals surface area contributed by atoms with Gasteiger partial charge in [0.25, 0.3) is 5.91 Å². The molecule has 2 heterocycles. The molecule has 0 aromatic heterocycles. The highest BCUT2D eigenvalue weighted by Gasteiger charge is 2.31. The van der Waals surface area contributed by atoms with Gasteiger partial charge in [-0.1, -0.05) is 30.0 Å². The van der Waals surface area contributed by atoms with E-state index in [1.54, 1.807) is 12.1 Å². The van der Waals surface area contributed by atoms with Crippen LogP contribution in [0.1, 0.15) is 18.4 Å². The largest absolute Gasteiger partial charge is 0.454 e. The maximum Gasteiger partial charge on any atom is 0.266 e. The third-order valence-electron chi connectivity index (χ3n) is 4.48. The van der Waals surface area contributed by atoms with Crippen LogP contribution in [0.2, 0.25) is 0 Å². The number of carbonyl (C=O) groups is 2. The van der Waals surface area contributed by atoms with E-state index >= 15 is 0 Å². The van der Waals surface area contributed by atoms with Gasteiger partial charge < -0.3 is 14.8 Å². The Labute approximate surface area is 182 Å². The lowest BCUT2D eigenvalue weighted by Gasteiger charge is -2.14. The fraction of sp³-hybridized carbons (Fsp3) is 0.190. The molecule has 0 aliphatic carbocycles. The number of thioether (sulfide) groups is 1. The van der Waals surface area contributed by atoms with Crippen molar-refractivity contribution in [1.29, 1.82) is 0 Å². The molecule has 154 valence electrons. The molecule has 4 rings (SSSR count). The van der Waals surface area contributed by atoms with Crippen LogP contribution >= 0.6 is 24.0 Å². The molecule has 1 fully saturated rings. The van der Waals surface area contributed by atoms with E-state index in [4.69, 9.17) is 21.7 Å². The summed E-state index contributed by atoms with van der Waals surface area (Å²) in [6.45, 7) is 0.537. The number of amides is 2. The number of hydrogen-bond donors (Lipinski definition) is 1. The molecule has 0 atom stereocenters. The zero-order valence-corrected chi connectivity index (χ0v) is 17.4. The highest BCUT2D eigenvalue weighted by molar-refractivity contribution is 8.26. The second-order valence-corrected chi connectivity index (χ2v) is 8.28. The first-order valence-electron chi connectivity index (χ1n) is 9.20. The fourth-order valence-electron chi connectivity index (χ4n) is 3.00. The Morgan fingerprint density at radius 2 is 1.97 bits per heavy atom. The molecule has 30 heavy (non-hydrogen) atoms. The van der Waals surface area contributed by atoms with Gasteiger partial charge in [0.1, 0.15) is 10.1 Å². The van der Waals surface area contributed by atoms with E-state index in [1.165, 1.54) is 40.9 Å². The minimum absolute atomic E-state index is 0.179. The average molecular weight is 445 g/mol. The lowest BCUT2D eigenvalue weighted by molar-refractivity contribution is -0.122. The molecule has 2 aromatic carbocycles. The van der Waals surface area contributed by atoms with Crippen molar-refractivity contribution in [3.05, 3.63) is 58.8 Å². The minimum Gasteiger partial charge on any atom is -0.454 e. The van der Waals surface area contributed by atoms with E-state index in [9.17, 15) is 14.0 Å². The van der Waals surface area contributed by atoms with Crippen LogP contribution in [0.5, 0.6) is 11.5 Å². The number of nitrogens with zero attached hydrogens (tertiary/aromatic N) is 1. The standard InChI is InChI=1S/C21H17FN2O4S2/c22-14-4-6-15(7-5-14)23-19(25)2-1-9-24-20(26)18(30-21(24)29)11-13-3-8-16-17(10-13)28-12-27-16/h3-8,10-11H,1-2,9,12H2,(H,23,25). The molecular weight excluding hydrogens is 427 g/mol. The van der Waals surface area contributed by atoms with Gasteiger partial charge in [-0.3, -0.25) is 14.5 Å². The van der Waals surface area contributed by atoms with Gasteiger partial charge in [-0.25, -0.2) is 4.39 Å². The molecular formula is C21H17FN2O4S2. The molecule has 0 unspecified atom stereocenters. The molecule has 1 N–H and O–H groups in total. The molecule has 2 aliphatic heterocycles. The first-order valence-corrected chi connectivity index (χ1v) is 10.4. The Hall–Kier alpha value is -2.91. The number of nitrogens with one attached hydrogen (secondary N) is 1. The summed E-state index contributed by atoms with van der Waals surface area (Å²) in [5, 5.41) is 2.70. The molecule has 0 spiro atoms. The number of rotatable bonds is 6. The molecule has 6 nitrogen and oxygen atoms in total. The van der Waals surface area contributed by atoms with Gasteiger partial charge in [-0.15, -0.1) is 0 Å². The van der Waals surface area contributed by atoms with Crippen molar-refractivity contribution in [3.63, 3.8) is 0 Å². The average Bonchev–Trinajstić information content (AvgIpc) is 3.29. The molecule has 2 aliphatic rings. The summed E-state index contributed by atoms with van der Waals surface area (Å²) in [6.07, 6.45) is 2.44. The molecule has 2 aromatic rings. The zero-order valence-electron chi connectivity index (χ0n) is 15.7. The van der Waals surface area contributed by atoms with Crippen LogP contribution in [0.15, 0.2) is 47.4 Å². The van der Waals surface area contributed by atoms with E-state index in [0.29, 0.717) is 39.4 Å². The molecule has 0 radical (unpaired) electrons. The van der Waals surface area contributed by atoms with Gasteiger partial charge in [0.15, 0.2) is 11.5 Å². The van der Waals surface area contributed by atoms with Gasteiger partial charge in [0, 0.05) is 18.7 Å². The summed E-state index contributed by atoms with van der Waals surface area (Å²) in [4.78, 5) is 26.8. The molecule has 9 heteroatoms. The summed E-state index contributed by atoms with van der Waals surface area (Å²) < 4.78 is 24.0. The Morgan fingerprint density at radius 3 is 2.77 bits per heavy atom. The summed E-state index contributed by atoms with van der Waals surface area (Å²) in [5.74, 6) is 0.575. The predicted octanol–water partition coefficient (Wildman–Crippen LogP) is 4.17. The third kappa shape index (κ3) is 4.63. The Balaban J connectivity index is 1.32. The van der Waals surface area contributed by atoms with E-state index in [2.05, 4.69) is 5.32 Å². The van der Waals surface area contributed by atoms with Crippen molar-refractivity contribution in [3.8, 4) is 11.5 Å². The quantitative estimate of drug-likeness (QED) is 0.533. The minimum atomic E-state index is -0.365. The number of fused-ring (bicyclic) bond motifs is 1. The maximum absolute atomic E-state index is 12.9. The third-order valence-corrected chi connectivity index (χ3v) is 5.86. The smallest absolute Gasteiger partial charge is 0.266 e. The molecule has 0 bridgehead atoms. The highest BCUT2D eigenvalue weighted by atomic mass is 32.2. The number of ether oxygens (including phenoxy) is 2. The summed E-state index contributed by atoms with van der Waals surface area (Å²) in [6, 6.07) is 11.0. The predicted molar refractivity (Wildman–Crippen MR) is 117 cm³/mol. The number of carbonyl (C=O) groups excluding carboxylic acids is 2. The molecule has 2 amide bonds. The van der Waals surface area contributed by atoms with Crippen LogP contribution in [0, 0.1) is 5.82 Å². The number of halogens is 1. The Bertz CT molecular complexity index is 1040. The van der Waals surface area contributed by atoms with E-state index in [0.717, 1.165) is 5.56 Å². The summed E-state index contributed by atoms with van der Waals surface area (Å²) in [5.41, 5.74) is 1.34. The lowest BCUT2D eigenvalue weighted by Crippen LogP contribution is -2.29. The van der Waals surface area contributed by atoms with Crippen LogP contribution in [0.25, 0.3) is 6.08 Å². The first kappa shape index (κ1) is 20.4. The monoisotopic (exact) mass is 444 g/mol. The fourth-order valence-corrected chi connectivity index (χ4v) is 4.31. The van der Waals surface area contributed by atoms with E-state index < -0.39 is 0 Å². The number of anilines is 1. The van der Waals surface area contributed by atoms with E-state index in [1.807, 2.05) is 12.1 Å². The topological polar surface area (TPSA) is 67.9 Å². The van der Waals surface area contributed by atoms with Gasteiger partial charge in [-0.05, 0) is 54.5 Å². The van der Waals surface area contributed by atoms with Crippen LogP contribution < -0.4 is 14.8 Å². The number of benzene rings is 2. The van der Waals surface area contributed by atoms with Crippen molar-refractivity contribution in [2.24, 2.45) is 0 Å². The summed E-state index contributed by atoms with van der Waals surface area (Å²) >= 11 is 6.57. The second-order valence-electron chi connectivity index (χ2n) is 6.60. The van der Waals surface area contributed by atoms with Gasteiger partial charge in [0.05, 0.1) is 4.91 Å². The molecule has 1 saturated heterocycles. The van der Waals surface area contributed by atoms with Gasteiger partial charge in [-0.2, -0.15) is 0 Å². The summed E-state index contributed by atoms with van der Waals surface area (Å²) in [7, 11) is 0. The molecule has 0 saturated carbocycles. The lowest BCUT2D eigenvalue weighted by atomic mass is 10.2. The van der Waals surface area contributed by atoms with Crippen molar-refractivity contribution in [2.75, 3.05) is 18.7 Å². The second kappa shape index (κ2) is 8.85. The van der Waals surface area contributed by atoms with Crippen LogP contribution in [-0.2, 0) is 9.59 Å². The van der Waals surface area contributed by atoms with Crippen molar-refractivity contribution < 1.29 is 23.5 Å². The SMILES string of the molecule is O=C(CCCN1C(=O)C(=Cc2ccc3c(c2)OCO3)SC1=S)Nc1ccc(F)cc1. The zero-order chi connectivity index (χ0) is 21.1. The van der Waals surface area contributed by atoms with E-state index in [-0.39, 0.29) is 30.8 Å². The Morgan fingerprint density at radius 1 is 1.20 bits per heavy atom. The highest BCUT2D eigenvalue weighted by Crippen LogP contribution is 2.36. The number of hydrogen-bond acceptors (Lipinski definition) is 6. The normalized spacial score (nSPS) is 16.4. The van der Waals surface area contributed by atoms with Crippen LogP contribution in [-0.4, -0.2) is 34.4 Å². The van der Waals surface area contributed by atoms with Crippen LogP contribution in [0.4, 0.5) is 10.1 Å². The van der Waals surface area contributed by atoms with Crippen molar-refractivity contribution >= 4 is 51.9 Å². The van der Waals surface area contributed by atoms with Gasteiger partial charge >= 0.3 is 0 Å². The van der Waals surface area contributed by atoms with Crippen LogP contribution in [0.3, 0.4) is 0 Å². The number of thiocarbonyl (C=S) groups is 1.